The van der Waals surface area contributed by atoms with E-state index in [1.807, 2.05) is 7.05 Å². The van der Waals surface area contributed by atoms with Crippen LogP contribution in [-0.2, 0) is 13.1 Å². The van der Waals surface area contributed by atoms with Crippen molar-refractivity contribution in [1.82, 2.24) is 10.2 Å². The van der Waals surface area contributed by atoms with Gasteiger partial charge in [0.15, 0.2) is 0 Å². The second-order valence-electron chi connectivity index (χ2n) is 5.00. The van der Waals surface area contributed by atoms with Crippen LogP contribution >= 0.6 is 0 Å². The fourth-order valence-electron chi connectivity index (χ4n) is 2.79. The summed E-state index contributed by atoms with van der Waals surface area (Å²) in [5, 5.41) is 3.13. The Hall–Kier alpha value is -0.800. The Kier molecular flexibility index (Phi) is 4.24. The van der Waals surface area contributed by atoms with Gasteiger partial charge in [0.1, 0.15) is 11.5 Å². The van der Waals surface area contributed by atoms with Gasteiger partial charge in [0.05, 0.1) is 6.54 Å². The van der Waals surface area contributed by atoms with E-state index in [4.69, 9.17) is 4.42 Å². The molecule has 1 unspecified atom stereocenters. The topological polar surface area (TPSA) is 28.4 Å². The van der Waals surface area contributed by atoms with Crippen LogP contribution in [0.5, 0.6) is 0 Å². The number of furan rings is 1. The maximum atomic E-state index is 5.75. The van der Waals surface area contributed by atoms with Crippen molar-refractivity contribution < 1.29 is 4.42 Å². The minimum absolute atomic E-state index is 0.775. The van der Waals surface area contributed by atoms with Gasteiger partial charge >= 0.3 is 0 Å². The third-order valence-electron chi connectivity index (χ3n) is 3.77. The van der Waals surface area contributed by atoms with Crippen LogP contribution in [0.3, 0.4) is 0 Å². The Balaban J connectivity index is 2.02. The molecule has 1 aromatic rings. The highest BCUT2D eigenvalue weighted by Gasteiger charge is 2.23. The summed E-state index contributed by atoms with van der Waals surface area (Å²) in [5.41, 5.74) is 1.36. The molecule has 17 heavy (non-hydrogen) atoms. The van der Waals surface area contributed by atoms with Gasteiger partial charge in [-0.1, -0.05) is 6.92 Å². The van der Waals surface area contributed by atoms with Crippen molar-refractivity contribution in [2.45, 2.75) is 52.2 Å². The van der Waals surface area contributed by atoms with Crippen molar-refractivity contribution in [2.24, 2.45) is 0 Å². The minimum atomic E-state index is 0.775. The summed E-state index contributed by atoms with van der Waals surface area (Å²) in [5.74, 6) is 2.13. The third kappa shape index (κ3) is 2.90. The molecule has 1 saturated heterocycles. The summed E-state index contributed by atoms with van der Waals surface area (Å²) in [6.07, 6.45) is 3.97. The largest absolute Gasteiger partial charge is 0.465 e. The summed E-state index contributed by atoms with van der Waals surface area (Å²) >= 11 is 0. The summed E-state index contributed by atoms with van der Waals surface area (Å²) in [6.45, 7) is 7.48. The van der Waals surface area contributed by atoms with Gasteiger partial charge in [-0.25, -0.2) is 0 Å². The average Bonchev–Trinajstić information content (AvgIpc) is 2.88. The standard InChI is InChI=1S/C14H24N2O/c1-4-13-6-5-7-16(13)10-12-8-14(9-15-3)17-11(12)2/h8,13,15H,4-7,9-10H2,1-3H3. The first-order valence-electron chi connectivity index (χ1n) is 6.71. The molecule has 1 atom stereocenters. The second-order valence-corrected chi connectivity index (χ2v) is 5.00. The van der Waals surface area contributed by atoms with E-state index in [2.05, 4.69) is 30.1 Å². The van der Waals surface area contributed by atoms with Gasteiger partial charge in [-0.3, -0.25) is 4.90 Å². The normalized spacial score (nSPS) is 21.2. The van der Waals surface area contributed by atoms with Crippen LogP contribution in [0.25, 0.3) is 0 Å². The number of nitrogens with one attached hydrogen (secondary N) is 1. The first-order chi connectivity index (χ1) is 8.24. The first-order valence-corrected chi connectivity index (χ1v) is 6.71. The monoisotopic (exact) mass is 236 g/mol. The molecule has 1 aliphatic rings. The molecule has 0 aromatic carbocycles. The van der Waals surface area contributed by atoms with E-state index in [9.17, 15) is 0 Å². The lowest BCUT2D eigenvalue weighted by atomic mass is 10.1. The molecule has 3 heteroatoms. The van der Waals surface area contributed by atoms with Crippen LogP contribution in [0.15, 0.2) is 10.5 Å². The highest BCUT2D eigenvalue weighted by atomic mass is 16.3. The minimum Gasteiger partial charge on any atom is -0.465 e. The molecule has 96 valence electrons. The van der Waals surface area contributed by atoms with E-state index in [1.165, 1.54) is 31.4 Å². The Bertz CT molecular complexity index is 359. The van der Waals surface area contributed by atoms with Crippen molar-refractivity contribution in [3.63, 3.8) is 0 Å². The summed E-state index contributed by atoms with van der Waals surface area (Å²) in [6, 6.07) is 2.98. The SMILES string of the molecule is CCC1CCCN1Cc1cc(CNC)oc1C. The Morgan fingerprint density at radius 2 is 2.35 bits per heavy atom. The van der Waals surface area contributed by atoms with Crippen molar-refractivity contribution >= 4 is 0 Å². The molecule has 1 aromatic heterocycles. The quantitative estimate of drug-likeness (QED) is 0.852. The molecule has 3 nitrogen and oxygen atoms in total. The summed E-state index contributed by atoms with van der Waals surface area (Å²) in [7, 11) is 1.95. The number of likely N-dealkylation sites (tertiary alicyclic amines) is 1. The van der Waals surface area contributed by atoms with E-state index in [1.54, 1.807) is 0 Å². The van der Waals surface area contributed by atoms with Crippen LogP contribution in [-0.4, -0.2) is 24.5 Å². The zero-order chi connectivity index (χ0) is 12.3. The van der Waals surface area contributed by atoms with Crippen molar-refractivity contribution in [3.8, 4) is 0 Å². The van der Waals surface area contributed by atoms with Gasteiger partial charge in [0, 0.05) is 18.2 Å². The van der Waals surface area contributed by atoms with Gasteiger partial charge in [0.25, 0.3) is 0 Å². The number of hydrogen-bond acceptors (Lipinski definition) is 3. The zero-order valence-corrected chi connectivity index (χ0v) is 11.3. The van der Waals surface area contributed by atoms with Crippen LogP contribution < -0.4 is 5.32 Å². The fourth-order valence-corrected chi connectivity index (χ4v) is 2.79. The molecule has 1 fully saturated rings. The Morgan fingerprint density at radius 1 is 1.53 bits per heavy atom. The molecule has 2 rings (SSSR count). The number of nitrogens with zero attached hydrogens (tertiary/aromatic N) is 1. The Labute approximate surface area is 104 Å². The molecule has 0 spiro atoms. The smallest absolute Gasteiger partial charge is 0.118 e. The molecule has 1 aliphatic heterocycles. The van der Waals surface area contributed by atoms with E-state index in [0.29, 0.717) is 0 Å². The fraction of sp³-hybridized carbons (Fsp3) is 0.714. The van der Waals surface area contributed by atoms with Crippen LogP contribution in [0, 0.1) is 6.92 Å². The lowest BCUT2D eigenvalue weighted by Crippen LogP contribution is -2.28. The predicted molar refractivity (Wildman–Crippen MR) is 69.9 cm³/mol. The van der Waals surface area contributed by atoms with Crippen molar-refractivity contribution in [2.75, 3.05) is 13.6 Å². The van der Waals surface area contributed by atoms with Gasteiger partial charge < -0.3 is 9.73 Å². The van der Waals surface area contributed by atoms with Crippen molar-refractivity contribution in [1.29, 1.82) is 0 Å². The molecule has 0 bridgehead atoms. The van der Waals surface area contributed by atoms with Crippen LogP contribution in [0.2, 0.25) is 0 Å². The molecule has 0 saturated carbocycles. The average molecular weight is 236 g/mol. The number of aryl methyl sites for hydroxylation is 1. The predicted octanol–water partition coefficient (Wildman–Crippen LogP) is 2.68. The summed E-state index contributed by atoms with van der Waals surface area (Å²) in [4.78, 5) is 2.60. The molecular weight excluding hydrogens is 212 g/mol. The van der Waals surface area contributed by atoms with E-state index < -0.39 is 0 Å². The second kappa shape index (κ2) is 5.69. The molecule has 0 amide bonds. The number of hydrogen-bond donors (Lipinski definition) is 1. The maximum Gasteiger partial charge on any atom is 0.118 e. The van der Waals surface area contributed by atoms with Crippen LogP contribution in [0.1, 0.15) is 43.3 Å². The van der Waals surface area contributed by atoms with E-state index >= 15 is 0 Å². The molecule has 0 aliphatic carbocycles. The first kappa shape index (κ1) is 12.7. The zero-order valence-electron chi connectivity index (χ0n) is 11.3. The molecule has 0 radical (unpaired) electrons. The lowest BCUT2D eigenvalue weighted by molar-refractivity contribution is 0.238. The van der Waals surface area contributed by atoms with Gasteiger partial charge in [-0.2, -0.15) is 0 Å². The molecular formula is C14H24N2O. The van der Waals surface area contributed by atoms with Gasteiger partial charge in [0.2, 0.25) is 0 Å². The van der Waals surface area contributed by atoms with E-state index in [0.717, 1.165) is 30.7 Å². The van der Waals surface area contributed by atoms with Crippen molar-refractivity contribution in [3.05, 3.63) is 23.2 Å². The number of rotatable bonds is 5. The highest BCUT2D eigenvalue weighted by molar-refractivity contribution is 5.21. The lowest BCUT2D eigenvalue weighted by Gasteiger charge is -2.22. The summed E-state index contributed by atoms with van der Waals surface area (Å²) < 4.78 is 5.75. The Morgan fingerprint density at radius 3 is 3.06 bits per heavy atom. The molecule has 1 N–H and O–H groups in total. The maximum absolute atomic E-state index is 5.75. The van der Waals surface area contributed by atoms with Crippen LogP contribution in [0.4, 0.5) is 0 Å². The van der Waals surface area contributed by atoms with E-state index in [-0.39, 0.29) is 0 Å². The highest BCUT2D eigenvalue weighted by Crippen LogP contribution is 2.24. The third-order valence-corrected chi connectivity index (χ3v) is 3.77. The van der Waals surface area contributed by atoms with Gasteiger partial charge in [-0.05, 0) is 45.8 Å². The molecule has 2 heterocycles. The van der Waals surface area contributed by atoms with Gasteiger partial charge in [-0.15, -0.1) is 0 Å².